The molecule has 2 aromatic rings. The van der Waals surface area contributed by atoms with Gasteiger partial charge in [0.25, 0.3) is 0 Å². The van der Waals surface area contributed by atoms with E-state index in [2.05, 4.69) is 5.32 Å². The van der Waals surface area contributed by atoms with Crippen LogP contribution in [0.25, 0.3) is 0 Å². The molecule has 30 heavy (non-hydrogen) atoms. The molecule has 0 bridgehead atoms. The molecule has 0 radical (unpaired) electrons. The van der Waals surface area contributed by atoms with Crippen molar-refractivity contribution in [2.24, 2.45) is 0 Å². The van der Waals surface area contributed by atoms with Crippen molar-refractivity contribution >= 4 is 35.0 Å². The van der Waals surface area contributed by atoms with Gasteiger partial charge in [0.15, 0.2) is 0 Å². The van der Waals surface area contributed by atoms with Crippen LogP contribution < -0.4 is 5.32 Å². The zero-order valence-corrected chi connectivity index (χ0v) is 17.6. The zero-order chi connectivity index (χ0) is 21.8. The van der Waals surface area contributed by atoms with E-state index < -0.39 is 17.9 Å². The summed E-state index contributed by atoms with van der Waals surface area (Å²) in [5, 5.41) is 3.34. The molecule has 8 heteroatoms. The van der Waals surface area contributed by atoms with Crippen LogP contribution in [0.1, 0.15) is 24.5 Å². The minimum atomic E-state index is -0.771. The van der Waals surface area contributed by atoms with Crippen molar-refractivity contribution in [1.82, 2.24) is 9.80 Å². The van der Waals surface area contributed by atoms with E-state index in [1.54, 1.807) is 44.2 Å². The fraction of sp³-hybridized carbons (Fsp3) is 0.318. The van der Waals surface area contributed by atoms with Crippen LogP contribution in [0.15, 0.2) is 42.5 Å². The molecule has 0 saturated carbocycles. The number of hydrogen-bond donors (Lipinski definition) is 1. The molecule has 1 fully saturated rings. The molecule has 1 heterocycles. The molecule has 2 aromatic carbocycles. The Hall–Kier alpha value is -2.93. The SMILES string of the molecule is CC[C@@H](C(=O)Nc1cccc(Cl)c1C)N1CCN(Cc2ccc(F)cc2)C(=O)C1=O. The molecule has 158 valence electrons. The van der Waals surface area contributed by atoms with Gasteiger partial charge in [-0.25, -0.2) is 4.39 Å². The Morgan fingerprint density at radius 1 is 1.13 bits per heavy atom. The minimum absolute atomic E-state index is 0.212. The second kappa shape index (κ2) is 9.26. The van der Waals surface area contributed by atoms with Crippen molar-refractivity contribution in [1.29, 1.82) is 0 Å². The monoisotopic (exact) mass is 431 g/mol. The summed E-state index contributed by atoms with van der Waals surface area (Å²) in [4.78, 5) is 40.9. The molecule has 1 aliphatic rings. The normalized spacial score (nSPS) is 15.3. The smallest absolute Gasteiger partial charge is 0.312 e. The number of hydrogen-bond acceptors (Lipinski definition) is 3. The van der Waals surface area contributed by atoms with Gasteiger partial charge in [-0.1, -0.05) is 36.7 Å². The van der Waals surface area contributed by atoms with E-state index in [-0.39, 0.29) is 24.8 Å². The third kappa shape index (κ3) is 4.62. The summed E-state index contributed by atoms with van der Waals surface area (Å²) in [7, 11) is 0. The molecule has 3 rings (SSSR count). The molecule has 1 N–H and O–H groups in total. The van der Waals surface area contributed by atoms with E-state index in [1.165, 1.54) is 21.9 Å². The van der Waals surface area contributed by atoms with Gasteiger partial charge in [0.05, 0.1) is 0 Å². The Balaban J connectivity index is 1.69. The number of anilines is 1. The van der Waals surface area contributed by atoms with Gasteiger partial charge in [-0.05, 0) is 48.7 Å². The third-order valence-electron chi connectivity index (χ3n) is 5.22. The number of piperazine rings is 1. The molecule has 0 aromatic heterocycles. The zero-order valence-electron chi connectivity index (χ0n) is 16.8. The van der Waals surface area contributed by atoms with Crippen LogP contribution in [-0.2, 0) is 20.9 Å². The van der Waals surface area contributed by atoms with Gasteiger partial charge in [-0.15, -0.1) is 0 Å². The Bertz CT molecular complexity index is 965. The van der Waals surface area contributed by atoms with E-state index >= 15 is 0 Å². The summed E-state index contributed by atoms with van der Waals surface area (Å²) >= 11 is 6.11. The second-order valence-corrected chi connectivity index (χ2v) is 7.58. The Morgan fingerprint density at radius 3 is 2.50 bits per heavy atom. The maximum atomic E-state index is 13.1. The first-order valence-corrected chi connectivity index (χ1v) is 10.1. The van der Waals surface area contributed by atoms with Crippen LogP contribution in [0.5, 0.6) is 0 Å². The minimum Gasteiger partial charge on any atom is -0.328 e. The van der Waals surface area contributed by atoms with Gasteiger partial charge < -0.3 is 15.1 Å². The van der Waals surface area contributed by atoms with Gasteiger partial charge in [0.1, 0.15) is 11.9 Å². The van der Waals surface area contributed by atoms with Crippen molar-refractivity contribution in [3.63, 3.8) is 0 Å². The molecule has 0 unspecified atom stereocenters. The second-order valence-electron chi connectivity index (χ2n) is 7.18. The van der Waals surface area contributed by atoms with E-state index in [0.29, 0.717) is 23.7 Å². The summed E-state index contributed by atoms with van der Waals surface area (Å²) in [6.07, 6.45) is 0.364. The van der Waals surface area contributed by atoms with E-state index in [9.17, 15) is 18.8 Å². The van der Waals surface area contributed by atoms with Crippen molar-refractivity contribution in [2.45, 2.75) is 32.9 Å². The lowest BCUT2D eigenvalue weighted by molar-refractivity contribution is -0.159. The van der Waals surface area contributed by atoms with Crippen LogP contribution >= 0.6 is 11.6 Å². The highest BCUT2D eigenvalue weighted by molar-refractivity contribution is 6.36. The molecule has 0 spiro atoms. The van der Waals surface area contributed by atoms with Gasteiger partial charge in [0, 0.05) is 30.3 Å². The van der Waals surface area contributed by atoms with Crippen LogP contribution in [0.4, 0.5) is 10.1 Å². The lowest BCUT2D eigenvalue weighted by atomic mass is 10.1. The summed E-state index contributed by atoms with van der Waals surface area (Å²) in [5.74, 6) is -2.11. The predicted molar refractivity (Wildman–Crippen MR) is 112 cm³/mol. The molecular weight excluding hydrogens is 409 g/mol. The molecule has 3 amide bonds. The average Bonchev–Trinajstić information content (AvgIpc) is 2.72. The van der Waals surface area contributed by atoms with Crippen LogP contribution in [-0.4, -0.2) is 46.7 Å². The highest BCUT2D eigenvalue weighted by atomic mass is 35.5. The van der Waals surface area contributed by atoms with Crippen LogP contribution in [0.3, 0.4) is 0 Å². The first-order valence-electron chi connectivity index (χ1n) is 9.72. The van der Waals surface area contributed by atoms with E-state index in [0.717, 1.165) is 11.1 Å². The van der Waals surface area contributed by atoms with Gasteiger partial charge in [-0.2, -0.15) is 0 Å². The fourth-order valence-corrected chi connectivity index (χ4v) is 3.63. The van der Waals surface area contributed by atoms with Crippen LogP contribution in [0.2, 0.25) is 5.02 Å². The number of carbonyl (C=O) groups is 3. The van der Waals surface area contributed by atoms with Crippen molar-refractivity contribution in [3.8, 4) is 0 Å². The molecule has 6 nitrogen and oxygen atoms in total. The first kappa shape index (κ1) is 21.8. The highest BCUT2D eigenvalue weighted by Crippen LogP contribution is 2.24. The number of amides is 3. The van der Waals surface area contributed by atoms with Gasteiger partial charge in [0.2, 0.25) is 5.91 Å². The predicted octanol–water partition coefficient (Wildman–Crippen LogP) is 3.38. The number of carbonyl (C=O) groups excluding carboxylic acids is 3. The van der Waals surface area contributed by atoms with Gasteiger partial charge >= 0.3 is 11.8 Å². The topological polar surface area (TPSA) is 69.7 Å². The Morgan fingerprint density at radius 2 is 1.83 bits per heavy atom. The standard InChI is InChI=1S/C22H23ClFN3O3/c1-3-19(20(28)25-18-6-4-5-17(23)14(18)2)27-12-11-26(21(29)22(27)30)13-15-7-9-16(24)10-8-15/h4-10,19H,3,11-13H2,1-2H3,(H,25,28)/t19-/m0/s1. The molecular formula is C22H23ClFN3O3. The lowest BCUT2D eigenvalue weighted by Gasteiger charge is -2.37. The largest absolute Gasteiger partial charge is 0.328 e. The van der Waals surface area contributed by atoms with Crippen molar-refractivity contribution in [2.75, 3.05) is 18.4 Å². The fourth-order valence-electron chi connectivity index (χ4n) is 3.45. The maximum Gasteiger partial charge on any atom is 0.312 e. The Labute approximate surface area is 179 Å². The average molecular weight is 432 g/mol. The number of benzene rings is 2. The summed E-state index contributed by atoms with van der Waals surface area (Å²) in [6.45, 7) is 4.33. The quantitative estimate of drug-likeness (QED) is 0.713. The number of nitrogens with zero attached hydrogens (tertiary/aromatic N) is 2. The van der Waals surface area contributed by atoms with E-state index in [4.69, 9.17) is 11.6 Å². The van der Waals surface area contributed by atoms with Gasteiger partial charge in [-0.3, -0.25) is 14.4 Å². The number of rotatable bonds is 6. The summed E-state index contributed by atoms with van der Waals surface area (Å²) < 4.78 is 13.1. The molecule has 1 saturated heterocycles. The number of nitrogens with one attached hydrogen (secondary N) is 1. The lowest BCUT2D eigenvalue weighted by Crippen LogP contribution is -2.59. The molecule has 1 aliphatic heterocycles. The number of halogens is 2. The van der Waals surface area contributed by atoms with Crippen molar-refractivity contribution in [3.05, 3.63) is 64.4 Å². The Kier molecular flexibility index (Phi) is 6.72. The van der Waals surface area contributed by atoms with E-state index in [1.807, 2.05) is 0 Å². The summed E-state index contributed by atoms with van der Waals surface area (Å²) in [6, 6.07) is 10.2. The summed E-state index contributed by atoms with van der Waals surface area (Å²) in [5.41, 5.74) is 2.03. The third-order valence-corrected chi connectivity index (χ3v) is 5.63. The molecule has 1 atom stereocenters. The van der Waals surface area contributed by atoms with Crippen molar-refractivity contribution < 1.29 is 18.8 Å². The van der Waals surface area contributed by atoms with Crippen LogP contribution in [0, 0.1) is 12.7 Å². The maximum absolute atomic E-state index is 13.1. The molecule has 0 aliphatic carbocycles. The highest BCUT2D eigenvalue weighted by Gasteiger charge is 2.38. The first-order chi connectivity index (χ1) is 14.3.